The lowest BCUT2D eigenvalue weighted by atomic mass is 10.1. The van der Waals surface area contributed by atoms with E-state index in [2.05, 4.69) is 4.90 Å². The number of carbonyl (C=O) groups is 1. The van der Waals surface area contributed by atoms with Crippen LogP contribution in [0.4, 0.5) is 0 Å². The number of carbonyl (C=O) groups excluding carboxylic acids is 1. The fourth-order valence-corrected chi connectivity index (χ4v) is 2.45. The molecule has 1 aromatic carbocycles. The van der Waals surface area contributed by atoms with Crippen LogP contribution >= 0.6 is 11.6 Å². The molecule has 1 saturated heterocycles. The molecule has 92 valence electrons. The summed E-state index contributed by atoms with van der Waals surface area (Å²) >= 11 is 6.00. The van der Waals surface area contributed by atoms with E-state index in [4.69, 9.17) is 17.3 Å². The van der Waals surface area contributed by atoms with Gasteiger partial charge in [0.05, 0.1) is 11.6 Å². The van der Waals surface area contributed by atoms with E-state index in [1.807, 2.05) is 12.1 Å². The van der Waals surface area contributed by atoms with E-state index in [1.165, 1.54) is 0 Å². The Morgan fingerprint density at radius 3 is 2.94 bits per heavy atom. The summed E-state index contributed by atoms with van der Waals surface area (Å²) in [7, 11) is 0. The molecule has 0 unspecified atom stereocenters. The molecule has 0 aromatic heterocycles. The molecule has 2 N–H and O–H groups in total. The van der Waals surface area contributed by atoms with Gasteiger partial charge in [0, 0.05) is 18.2 Å². The molecule has 0 spiro atoms. The maximum atomic E-state index is 12.1. The van der Waals surface area contributed by atoms with Crippen molar-refractivity contribution in [3.8, 4) is 0 Å². The van der Waals surface area contributed by atoms with Gasteiger partial charge in [-0.3, -0.25) is 9.69 Å². The van der Waals surface area contributed by atoms with E-state index in [0.29, 0.717) is 17.1 Å². The van der Waals surface area contributed by atoms with Crippen LogP contribution in [0.5, 0.6) is 0 Å². The first kappa shape index (κ1) is 12.6. The van der Waals surface area contributed by atoms with Crippen LogP contribution in [0.25, 0.3) is 0 Å². The number of ketones is 1. The summed E-state index contributed by atoms with van der Waals surface area (Å²) < 4.78 is 0. The summed E-state index contributed by atoms with van der Waals surface area (Å²) in [6.45, 7) is 2.16. The smallest absolute Gasteiger partial charge is 0.178 e. The third-order valence-corrected chi connectivity index (χ3v) is 3.41. The van der Waals surface area contributed by atoms with Crippen molar-refractivity contribution < 1.29 is 4.79 Å². The summed E-state index contributed by atoms with van der Waals surface area (Å²) in [5.41, 5.74) is 6.50. The van der Waals surface area contributed by atoms with Crippen LogP contribution in [-0.2, 0) is 0 Å². The van der Waals surface area contributed by atoms with Gasteiger partial charge in [0.25, 0.3) is 0 Å². The number of Topliss-reactive ketones (excluding diaryl/α,β-unsaturated/α-hetero) is 1. The summed E-state index contributed by atoms with van der Waals surface area (Å²) in [6.07, 6.45) is 2.12. The Morgan fingerprint density at radius 2 is 2.24 bits per heavy atom. The number of piperidine rings is 1. The minimum absolute atomic E-state index is 0.0738. The molecule has 1 atom stereocenters. The molecule has 1 aromatic rings. The van der Waals surface area contributed by atoms with Crippen molar-refractivity contribution >= 4 is 17.4 Å². The average Bonchev–Trinajstić information content (AvgIpc) is 2.29. The van der Waals surface area contributed by atoms with E-state index in [9.17, 15) is 4.79 Å². The molecule has 1 fully saturated rings. The van der Waals surface area contributed by atoms with E-state index < -0.39 is 0 Å². The fraction of sp³-hybridized carbons (Fsp3) is 0.462. The molecule has 0 radical (unpaired) electrons. The Morgan fingerprint density at radius 1 is 1.47 bits per heavy atom. The van der Waals surface area contributed by atoms with Crippen LogP contribution < -0.4 is 5.73 Å². The Balaban J connectivity index is 1.99. The third kappa shape index (κ3) is 3.28. The van der Waals surface area contributed by atoms with Gasteiger partial charge in [0.15, 0.2) is 5.78 Å². The second-order valence-electron chi connectivity index (χ2n) is 4.54. The lowest BCUT2D eigenvalue weighted by molar-refractivity contribution is 0.0908. The molecule has 3 nitrogen and oxygen atoms in total. The second-order valence-corrected chi connectivity index (χ2v) is 4.95. The number of nitrogens with zero attached hydrogens (tertiary/aromatic N) is 1. The van der Waals surface area contributed by atoms with Gasteiger partial charge in [0.1, 0.15) is 0 Å². The molecular formula is C13H17ClN2O. The normalized spacial score (nSPS) is 21.4. The van der Waals surface area contributed by atoms with Crippen LogP contribution in [0.2, 0.25) is 5.02 Å². The van der Waals surface area contributed by atoms with E-state index in [0.717, 1.165) is 25.9 Å². The zero-order chi connectivity index (χ0) is 12.3. The second kappa shape index (κ2) is 5.63. The van der Waals surface area contributed by atoms with Gasteiger partial charge in [-0.2, -0.15) is 0 Å². The molecule has 0 saturated carbocycles. The van der Waals surface area contributed by atoms with Crippen molar-refractivity contribution in [2.24, 2.45) is 5.73 Å². The highest BCUT2D eigenvalue weighted by atomic mass is 35.5. The number of likely N-dealkylation sites (tertiary alicyclic amines) is 1. The summed E-state index contributed by atoms with van der Waals surface area (Å²) in [5, 5.41) is 0.527. The zero-order valence-corrected chi connectivity index (χ0v) is 10.5. The van der Waals surface area contributed by atoms with Gasteiger partial charge in [-0.25, -0.2) is 0 Å². The quantitative estimate of drug-likeness (QED) is 0.837. The highest BCUT2D eigenvalue weighted by Crippen LogP contribution is 2.17. The number of rotatable bonds is 3. The molecule has 1 heterocycles. The Bertz CT molecular complexity index is 408. The van der Waals surface area contributed by atoms with Crippen LogP contribution in [0.15, 0.2) is 24.3 Å². The van der Waals surface area contributed by atoms with Crippen molar-refractivity contribution in [2.75, 3.05) is 19.6 Å². The number of nitrogens with two attached hydrogens (primary N) is 1. The maximum absolute atomic E-state index is 12.1. The van der Waals surface area contributed by atoms with Gasteiger partial charge in [-0.1, -0.05) is 23.7 Å². The van der Waals surface area contributed by atoms with Gasteiger partial charge in [0.2, 0.25) is 0 Å². The molecular weight excluding hydrogens is 236 g/mol. The monoisotopic (exact) mass is 252 g/mol. The number of hydrogen-bond donors (Lipinski definition) is 1. The lowest BCUT2D eigenvalue weighted by Gasteiger charge is -2.30. The topological polar surface area (TPSA) is 46.3 Å². The van der Waals surface area contributed by atoms with E-state index in [-0.39, 0.29) is 11.8 Å². The molecule has 1 aliphatic rings. The van der Waals surface area contributed by atoms with E-state index in [1.54, 1.807) is 12.1 Å². The van der Waals surface area contributed by atoms with Gasteiger partial charge >= 0.3 is 0 Å². The van der Waals surface area contributed by atoms with Crippen LogP contribution in [0.1, 0.15) is 23.2 Å². The summed E-state index contributed by atoms with van der Waals surface area (Å²) in [4.78, 5) is 14.2. The highest BCUT2D eigenvalue weighted by Gasteiger charge is 2.20. The summed E-state index contributed by atoms with van der Waals surface area (Å²) in [6, 6.07) is 7.38. The largest absolute Gasteiger partial charge is 0.327 e. The SMILES string of the molecule is N[C@H]1CCCN(CC(=O)c2ccccc2Cl)C1. The summed E-state index contributed by atoms with van der Waals surface area (Å²) in [5.74, 6) is 0.0738. The van der Waals surface area contributed by atoms with Crippen molar-refractivity contribution in [1.29, 1.82) is 0 Å². The van der Waals surface area contributed by atoms with Gasteiger partial charge in [-0.15, -0.1) is 0 Å². The predicted octanol–water partition coefficient (Wildman–Crippen LogP) is 1.95. The Hall–Kier alpha value is -0.900. The first-order valence-electron chi connectivity index (χ1n) is 5.92. The molecule has 1 aliphatic heterocycles. The average molecular weight is 253 g/mol. The zero-order valence-electron chi connectivity index (χ0n) is 9.73. The third-order valence-electron chi connectivity index (χ3n) is 3.08. The van der Waals surface area contributed by atoms with Crippen molar-refractivity contribution in [1.82, 2.24) is 4.90 Å². The van der Waals surface area contributed by atoms with Crippen LogP contribution in [-0.4, -0.2) is 36.4 Å². The highest BCUT2D eigenvalue weighted by molar-refractivity contribution is 6.34. The first-order chi connectivity index (χ1) is 8.16. The molecule has 4 heteroatoms. The van der Waals surface area contributed by atoms with Gasteiger partial charge < -0.3 is 5.73 Å². The lowest BCUT2D eigenvalue weighted by Crippen LogP contribution is -2.44. The minimum atomic E-state index is 0.0738. The van der Waals surface area contributed by atoms with Crippen molar-refractivity contribution in [3.63, 3.8) is 0 Å². The first-order valence-corrected chi connectivity index (χ1v) is 6.30. The van der Waals surface area contributed by atoms with Crippen molar-refractivity contribution in [3.05, 3.63) is 34.9 Å². The molecule has 17 heavy (non-hydrogen) atoms. The van der Waals surface area contributed by atoms with Crippen LogP contribution in [0, 0.1) is 0 Å². The molecule has 2 rings (SSSR count). The fourth-order valence-electron chi connectivity index (χ4n) is 2.21. The maximum Gasteiger partial charge on any atom is 0.178 e. The minimum Gasteiger partial charge on any atom is -0.327 e. The number of halogens is 1. The number of benzene rings is 1. The molecule has 0 bridgehead atoms. The van der Waals surface area contributed by atoms with E-state index >= 15 is 0 Å². The Kier molecular flexibility index (Phi) is 4.15. The van der Waals surface area contributed by atoms with Crippen LogP contribution in [0.3, 0.4) is 0 Å². The predicted molar refractivity (Wildman–Crippen MR) is 69.4 cm³/mol. The Labute approximate surface area is 107 Å². The molecule has 0 aliphatic carbocycles. The number of hydrogen-bond acceptors (Lipinski definition) is 3. The molecule has 0 amide bonds. The van der Waals surface area contributed by atoms with Crippen molar-refractivity contribution in [2.45, 2.75) is 18.9 Å². The van der Waals surface area contributed by atoms with Gasteiger partial charge in [-0.05, 0) is 31.5 Å². The standard InChI is InChI=1S/C13H17ClN2O/c14-12-6-2-1-5-11(12)13(17)9-16-7-3-4-10(15)8-16/h1-2,5-6,10H,3-4,7-9,15H2/t10-/m0/s1.